The first-order valence-corrected chi connectivity index (χ1v) is 6.80. The molecule has 0 bridgehead atoms. The lowest BCUT2D eigenvalue weighted by atomic mass is 9.96. The van der Waals surface area contributed by atoms with Gasteiger partial charge in [-0.1, -0.05) is 28.1 Å². The van der Waals surface area contributed by atoms with Crippen molar-refractivity contribution < 1.29 is 4.79 Å². The summed E-state index contributed by atoms with van der Waals surface area (Å²) in [5.41, 5.74) is 0.962. The van der Waals surface area contributed by atoms with Crippen LogP contribution in [-0.2, 0) is 4.79 Å². The van der Waals surface area contributed by atoms with Crippen LogP contribution < -0.4 is 10.6 Å². The van der Waals surface area contributed by atoms with Crippen LogP contribution in [0.25, 0.3) is 0 Å². The zero-order valence-electron chi connectivity index (χ0n) is 9.50. The third kappa shape index (κ3) is 1.89. The number of hydrogen-bond acceptors (Lipinski definition) is 2. The molecule has 90 valence electrons. The maximum Gasteiger partial charge on any atom is 0.240 e. The van der Waals surface area contributed by atoms with Crippen LogP contribution in [0.2, 0.25) is 0 Å². The highest BCUT2D eigenvalue weighted by Crippen LogP contribution is 2.37. The second-order valence-electron chi connectivity index (χ2n) is 4.88. The molecule has 0 aliphatic carbocycles. The molecule has 1 spiro atoms. The molecule has 0 radical (unpaired) electrons. The van der Waals surface area contributed by atoms with Gasteiger partial charge >= 0.3 is 0 Å². The molecule has 2 saturated heterocycles. The molecule has 2 N–H and O–H groups in total. The maximum absolute atomic E-state index is 11.9. The van der Waals surface area contributed by atoms with Gasteiger partial charge in [-0.2, -0.15) is 0 Å². The fourth-order valence-corrected chi connectivity index (χ4v) is 3.31. The van der Waals surface area contributed by atoms with Crippen LogP contribution in [-0.4, -0.2) is 18.0 Å². The normalized spacial score (nSPS) is 32.1. The Morgan fingerprint density at radius 3 is 2.94 bits per heavy atom. The van der Waals surface area contributed by atoms with E-state index in [2.05, 4.69) is 38.7 Å². The molecule has 2 fully saturated rings. The van der Waals surface area contributed by atoms with Gasteiger partial charge in [0.1, 0.15) is 5.54 Å². The highest BCUT2D eigenvalue weighted by Gasteiger charge is 2.47. The quantitative estimate of drug-likeness (QED) is 0.833. The fourth-order valence-electron chi connectivity index (χ4n) is 2.89. The Labute approximate surface area is 109 Å². The molecule has 17 heavy (non-hydrogen) atoms. The first-order valence-electron chi connectivity index (χ1n) is 6.01. The zero-order valence-corrected chi connectivity index (χ0v) is 11.1. The largest absolute Gasteiger partial charge is 0.354 e. The second-order valence-corrected chi connectivity index (χ2v) is 5.79. The molecular weight excluding hydrogens is 280 g/mol. The van der Waals surface area contributed by atoms with Gasteiger partial charge in [0.15, 0.2) is 0 Å². The lowest BCUT2D eigenvalue weighted by Gasteiger charge is -2.22. The van der Waals surface area contributed by atoms with Gasteiger partial charge in [-0.25, -0.2) is 0 Å². The average molecular weight is 295 g/mol. The van der Waals surface area contributed by atoms with E-state index in [0.717, 1.165) is 30.3 Å². The van der Waals surface area contributed by atoms with Gasteiger partial charge in [-0.05, 0) is 37.0 Å². The Hall–Kier alpha value is -0.870. The minimum Gasteiger partial charge on any atom is -0.354 e. The summed E-state index contributed by atoms with van der Waals surface area (Å²) in [5.74, 6) is 0.176. The number of halogens is 1. The van der Waals surface area contributed by atoms with Crippen molar-refractivity contribution in [2.24, 2.45) is 0 Å². The van der Waals surface area contributed by atoms with Crippen molar-refractivity contribution in [3.63, 3.8) is 0 Å². The molecule has 0 aromatic heterocycles. The minimum absolute atomic E-state index is 0.176. The average Bonchev–Trinajstić information content (AvgIpc) is 2.89. The predicted molar refractivity (Wildman–Crippen MR) is 69.6 cm³/mol. The number of carbonyl (C=O) groups excluding carboxylic acids is 1. The Morgan fingerprint density at radius 1 is 1.35 bits per heavy atom. The van der Waals surface area contributed by atoms with Gasteiger partial charge < -0.3 is 5.32 Å². The number of rotatable bonds is 1. The Morgan fingerprint density at radius 2 is 2.24 bits per heavy atom. The number of nitrogens with one attached hydrogen (secondary N) is 2. The van der Waals surface area contributed by atoms with Gasteiger partial charge in [0, 0.05) is 17.1 Å². The third-order valence-corrected chi connectivity index (χ3v) is 4.33. The summed E-state index contributed by atoms with van der Waals surface area (Å²) >= 11 is 3.49. The van der Waals surface area contributed by atoms with Gasteiger partial charge in [0.2, 0.25) is 5.91 Å². The highest BCUT2D eigenvalue weighted by atomic mass is 79.9. The van der Waals surface area contributed by atoms with E-state index in [0.29, 0.717) is 6.04 Å². The molecule has 1 aromatic rings. The van der Waals surface area contributed by atoms with E-state index in [1.54, 1.807) is 0 Å². The lowest BCUT2D eigenvalue weighted by molar-refractivity contribution is -0.124. The van der Waals surface area contributed by atoms with Crippen LogP contribution in [0.3, 0.4) is 0 Å². The van der Waals surface area contributed by atoms with Gasteiger partial charge in [-0.3, -0.25) is 10.1 Å². The number of amides is 1. The van der Waals surface area contributed by atoms with Crippen LogP contribution in [0.15, 0.2) is 28.7 Å². The SMILES string of the molecule is O=C1NCCC12CCC(c1cccc(Br)c1)N2. The molecule has 0 saturated carbocycles. The summed E-state index contributed by atoms with van der Waals surface area (Å²) in [6, 6.07) is 8.62. The molecule has 3 nitrogen and oxygen atoms in total. The molecule has 3 rings (SSSR count). The van der Waals surface area contributed by atoms with Crippen molar-refractivity contribution in [3.8, 4) is 0 Å². The van der Waals surface area contributed by atoms with Crippen LogP contribution in [0.4, 0.5) is 0 Å². The number of carbonyl (C=O) groups is 1. The molecule has 2 atom stereocenters. The molecule has 2 unspecified atom stereocenters. The van der Waals surface area contributed by atoms with Crippen molar-refractivity contribution in [2.75, 3.05) is 6.54 Å². The van der Waals surface area contributed by atoms with Gasteiger partial charge in [0.05, 0.1) is 0 Å². The zero-order chi connectivity index (χ0) is 11.9. The predicted octanol–water partition coefficient (Wildman–Crippen LogP) is 2.13. The summed E-state index contributed by atoms with van der Waals surface area (Å²) in [4.78, 5) is 11.9. The molecule has 2 aliphatic rings. The Kier molecular flexibility index (Phi) is 2.71. The Bertz CT molecular complexity index is 462. The van der Waals surface area contributed by atoms with Crippen LogP contribution in [0, 0.1) is 0 Å². The van der Waals surface area contributed by atoms with Crippen LogP contribution >= 0.6 is 15.9 Å². The fraction of sp³-hybridized carbons (Fsp3) is 0.462. The van der Waals surface area contributed by atoms with E-state index in [1.807, 2.05) is 12.1 Å². The van der Waals surface area contributed by atoms with Gasteiger partial charge in [-0.15, -0.1) is 0 Å². The second kappa shape index (κ2) is 4.10. The first kappa shape index (κ1) is 11.2. The summed E-state index contributed by atoms with van der Waals surface area (Å²) in [5, 5.41) is 6.45. The summed E-state index contributed by atoms with van der Waals surface area (Å²) < 4.78 is 1.09. The molecule has 2 heterocycles. The van der Waals surface area contributed by atoms with Crippen molar-refractivity contribution in [2.45, 2.75) is 30.8 Å². The molecule has 1 aromatic carbocycles. The summed E-state index contributed by atoms with van der Waals surface area (Å²) in [6.45, 7) is 0.803. The summed E-state index contributed by atoms with van der Waals surface area (Å²) in [6.07, 6.45) is 2.89. The van der Waals surface area contributed by atoms with Crippen molar-refractivity contribution in [1.82, 2.24) is 10.6 Å². The molecule has 4 heteroatoms. The molecule has 2 aliphatic heterocycles. The lowest BCUT2D eigenvalue weighted by Crippen LogP contribution is -2.47. The van der Waals surface area contributed by atoms with E-state index in [4.69, 9.17) is 0 Å². The Balaban J connectivity index is 1.82. The minimum atomic E-state index is -0.299. The highest BCUT2D eigenvalue weighted by molar-refractivity contribution is 9.10. The van der Waals surface area contributed by atoms with E-state index >= 15 is 0 Å². The smallest absolute Gasteiger partial charge is 0.240 e. The number of benzene rings is 1. The maximum atomic E-state index is 11.9. The van der Waals surface area contributed by atoms with E-state index in [1.165, 1.54) is 5.56 Å². The first-order chi connectivity index (χ1) is 8.20. The summed E-state index contributed by atoms with van der Waals surface area (Å²) in [7, 11) is 0. The standard InChI is InChI=1S/C13H15BrN2O/c14-10-3-1-2-9(8-10)11-4-5-13(16-11)6-7-15-12(13)17/h1-3,8,11,16H,4-7H2,(H,15,17). The van der Waals surface area contributed by atoms with E-state index in [-0.39, 0.29) is 11.4 Å². The van der Waals surface area contributed by atoms with Crippen molar-refractivity contribution >= 4 is 21.8 Å². The molecular formula is C13H15BrN2O. The van der Waals surface area contributed by atoms with Crippen molar-refractivity contribution in [3.05, 3.63) is 34.3 Å². The van der Waals surface area contributed by atoms with Crippen molar-refractivity contribution in [1.29, 1.82) is 0 Å². The monoisotopic (exact) mass is 294 g/mol. The third-order valence-electron chi connectivity index (χ3n) is 3.83. The molecule has 1 amide bonds. The topological polar surface area (TPSA) is 41.1 Å². The van der Waals surface area contributed by atoms with Crippen LogP contribution in [0.1, 0.15) is 30.9 Å². The van der Waals surface area contributed by atoms with E-state index < -0.39 is 0 Å². The van der Waals surface area contributed by atoms with E-state index in [9.17, 15) is 4.79 Å². The van der Waals surface area contributed by atoms with Crippen LogP contribution in [0.5, 0.6) is 0 Å². The number of hydrogen-bond donors (Lipinski definition) is 2. The van der Waals surface area contributed by atoms with Gasteiger partial charge in [0.25, 0.3) is 0 Å².